The average molecular weight is 362 g/mol. The van der Waals surface area contributed by atoms with Crippen LogP contribution in [-0.2, 0) is 14.3 Å². The molecule has 2 aromatic carbocycles. The lowest BCUT2D eigenvalue weighted by atomic mass is 9.90. The maximum Gasteiger partial charge on any atom is 0.333 e. The summed E-state index contributed by atoms with van der Waals surface area (Å²) in [6, 6.07) is 16.4. The molecule has 1 aliphatic carbocycles. The first-order valence-electron chi connectivity index (χ1n) is 9.63. The summed E-state index contributed by atoms with van der Waals surface area (Å²) >= 11 is 0. The Balaban J connectivity index is 1.49. The van der Waals surface area contributed by atoms with E-state index in [1.54, 1.807) is 6.92 Å². The predicted octanol–water partition coefficient (Wildman–Crippen LogP) is 5.44. The van der Waals surface area contributed by atoms with Gasteiger partial charge in [0.15, 0.2) is 0 Å². The first-order valence-corrected chi connectivity index (χ1v) is 9.63. The number of benzene rings is 2. The Morgan fingerprint density at radius 3 is 2.04 bits per heavy atom. The van der Waals surface area contributed by atoms with Crippen molar-refractivity contribution in [2.75, 3.05) is 6.61 Å². The molecule has 0 bridgehead atoms. The highest BCUT2D eigenvalue weighted by Crippen LogP contribution is 2.45. The summed E-state index contributed by atoms with van der Waals surface area (Å²) in [6.45, 7) is 5.63. The van der Waals surface area contributed by atoms with Crippen LogP contribution in [-0.4, -0.2) is 18.4 Å². The van der Waals surface area contributed by atoms with Gasteiger partial charge in [-0.25, -0.2) is 4.79 Å². The van der Waals surface area contributed by atoms with Gasteiger partial charge in [0.25, 0.3) is 0 Å². The van der Waals surface area contributed by atoms with Crippen LogP contribution < -0.4 is 0 Å². The Morgan fingerprint density at radius 2 is 1.44 bits per heavy atom. The number of esters is 1. The van der Waals surface area contributed by atoms with E-state index < -0.39 is 0 Å². The number of Topliss-reactive ketones (excluding diaryl/α,β-unsaturated/α-hetero) is 1. The molecule has 0 unspecified atom stereocenters. The van der Waals surface area contributed by atoms with Crippen LogP contribution in [0.3, 0.4) is 0 Å². The van der Waals surface area contributed by atoms with E-state index in [1.165, 1.54) is 11.1 Å². The Bertz CT molecular complexity index is 805. The molecule has 0 spiro atoms. The second-order valence-electron chi connectivity index (χ2n) is 7.15. The topological polar surface area (TPSA) is 43.4 Å². The zero-order valence-electron chi connectivity index (χ0n) is 15.9. The Hall–Kier alpha value is -2.68. The number of ether oxygens (including phenoxy) is 1. The molecule has 140 valence electrons. The molecule has 0 saturated heterocycles. The first-order chi connectivity index (χ1) is 13.1. The van der Waals surface area contributed by atoms with Gasteiger partial charge in [0.05, 0.1) is 12.5 Å². The Labute approximate surface area is 161 Å². The van der Waals surface area contributed by atoms with Gasteiger partial charge in [0.1, 0.15) is 5.78 Å². The summed E-state index contributed by atoms with van der Waals surface area (Å²) in [6.07, 6.45) is 4.19. The molecule has 0 aromatic heterocycles. The van der Waals surface area contributed by atoms with E-state index in [9.17, 15) is 9.59 Å². The third-order valence-corrected chi connectivity index (χ3v) is 5.05. The van der Waals surface area contributed by atoms with Gasteiger partial charge in [0.2, 0.25) is 0 Å². The van der Waals surface area contributed by atoms with Gasteiger partial charge in [-0.15, -0.1) is 0 Å². The lowest BCUT2D eigenvalue weighted by Crippen LogP contribution is -2.11. The monoisotopic (exact) mass is 362 g/mol. The number of fused-ring (bicyclic) bond motifs is 3. The molecule has 0 radical (unpaired) electrons. The van der Waals surface area contributed by atoms with Gasteiger partial charge >= 0.3 is 5.97 Å². The first kappa shape index (κ1) is 19.1. The highest BCUT2D eigenvalue weighted by atomic mass is 16.5. The molecule has 0 heterocycles. The fourth-order valence-corrected chi connectivity index (χ4v) is 3.69. The third kappa shape index (κ3) is 4.36. The van der Waals surface area contributed by atoms with Crippen molar-refractivity contribution in [3.05, 3.63) is 71.8 Å². The van der Waals surface area contributed by atoms with Crippen molar-refractivity contribution in [3.8, 4) is 11.1 Å². The van der Waals surface area contributed by atoms with Crippen molar-refractivity contribution in [2.24, 2.45) is 0 Å². The van der Waals surface area contributed by atoms with E-state index in [2.05, 4.69) is 30.8 Å². The van der Waals surface area contributed by atoms with E-state index >= 15 is 0 Å². The fraction of sp³-hybridized carbons (Fsp3) is 0.333. The third-order valence-electron chi connectivity index (χ3n) is 5.05. The van der Waals surface area contributed by atoms with Gasteiger partial charge in [-0.05, 0) is 42.0 Å². The largest absolute Gasteiger partial charge is 0.462 e. The van der Waals surface area contributed by atoms with Gasteiger partial charge in [-0.1, -0.05) is 68.0 Å². The molecule has 0 saturated carbocycles. The minimum Gasteiger partial charge on any atom is -0.462 e. The molecule has 27 heavy (non-hydrogen) atoms. The van der Waals surface area contributed by atoms with Crippen LogP contribution in [0.5, 0.6) is 0 Å². The minimum absolute atomic E-state index is 0.131. The van der Waals surface area contributed by atoms with Gasteiger partial charge < -0.3 is 4.74 Å². The number of hydrogen-bond acceptors (Lipinski definition) is 3. The standard InChI is InChI=1S/C24H26O3/c1-17(2)24(26)27-16-10-4-3-5-15-22(25)23-20-13-8-6-11-18(20)19-12-7-9-14-21(19)23/h6-9,11-14,23H,1,3-5,10,15-16H2,2H3. The molecule has 0 atom stereocenters. The number of rotatable bonds is 9. The smallest absolute Gasteiger partial charge is 0.333 e. The minimum atomic E-state index is -0.330. The van der Waals surface area contributed by atoms with Crippen LogP contribution in [0.25, 0.3) is 11.1 Å². The highest BCUT2D eigenvalue weighted by molar-refractivity contribution is 5.97. The normalized spacial score (nSPS) is 12.3. The number of carbonyl (C=O) groups excluding carboxylic acids is 2. The van der Waals surface area contributed by atoms with Crippen LogP contribution in [0.1, 0.15) is 56.1 Å². The molecule has 2 aromatic rings. The van der Waals surface area contributed by atoms with Crippen molar-refractivity contribution in [1.29, 1.82) is 0 Å². The van der Waals surface area contributed by atoms with E-state index in [4.69, 9.17) is 4.74 Å². The van der Waals surface area contributed by atoms with Gasteiger partial charge in [-0.3, -0.25) is 4.79 Å². The zero-order valence-corrected chi connectivity index (χ0v) is 15.9. The van der Waals surface area contributed by atoms with E-state index in [0.717, 1.165) is 36.8 Å². The van der Waals surface area contributed by atoms with Crippen molar-refractivity contribution in [1.82, 2.24) is 0 Å². The zero-order chi connectivity index (χ0) is 19.2. The number of hydrogen-bond donors (Lipinski definition) is 0. The summed E-state index contributed by atoms with van der Waals surface area (Å²) in [5.74, 6) is -0.168. The molecule has 1 aliphatic rings. The summed E-state index contributed by atoms with van der Waals surface area (Å²) in [5, 5.41) is 0. The summed E-state index contributed by atoms with van der Waals surface area (Å²) < 4.78 is 5.09. The molecule has 0 aliphatic heterocycles. The average Bonchev–Trinajstić information content (AvgIpc) is 3.01. The number of carbonyl (C=O) groups is 2. The molecule has 0 fully saturated rings. The van der Waals surface area contributed by atoms with Gasteiger partial charge in [0, 0.05) is 12.0 Å². The molecule has 0 amide bonds. The van der Waals surface area contributed by atoms with Crippen LogP contribution in [0.2, 0.25) is 0 Å². The lowest BCUT2D eigenvalue weighted by Gasteiger charge is -2.12. The van der Waals surface area contributed by atoms with Crippen LogP contribution >= 0.6 is 0 Å². The van der Waals surface area contributed by atoms with Crippen molar-refractivity contribution < 1.29 is 14.3 Å². The van der Waals surface area contributed by atoms with Crippen molar-refractivity contribution in [3.63, 3.8) is 0 Å². The number of unbranched alkanes of at least 4 members (excludes halogenated alkanes) is 3. The molecule has 3 heteroatoms. The summed E-state index contributed by atoms with van der Waals surface area (Å²) in [4.78, 5) is 24.2. The van der Waals surface area contributed by atoms with E-state index in [0.29, 0.717) is 24.4 Å². The lowest BCUT2D eigenvalue weighted by molar-refractivity contribution is -0.139. The second-order valence-corrected chi connectivity index (χ2v) is 7.15. The van der Waals surface area contributed by atoms with E-state index in [1.807, 2.05) is 24.3 Å². The molecule has 0 N–H and O–H groups in total. The molecule has 3 rings (SSSR count). The maximum atomic E-state index is 12.9. The van der Waals surface area contributed by atoms with E-state index in [-0.39, 0.29) is 11.9 Å². The summed E-state index contributed by atoms with van der Waals surface area (Å²) in [7, 11) is 0. The van der Waals surface area contributed by atoms with Crippen molar-refractivity contribution >= 4 is 11.8 Å². The molecular formula is C24H26O3. The van der Waals surface area contributed by atoms with Crippen molar-refractivity contribution in [2.45, 2.75) is 44.9 Å². The quantitative estimate of drug-likeness (QED) is 0.339. The fourth-order valence-electron chi connectivity index (χ4n) is 3.69. The SMILES string of the molecule is C=C(C)C(=O)OCCCCCCC(=O)C1c2ccccc2-c2ccccc21. The Kier molecular flexibility index (Phi) is 6.23. The maximum absolute atomic E-state index is 12.9. The van der Waals surface area contributed by atoms with Crippen LogP contribution in [0, 0.1) is 0 Å². The second kappa shape index (κ2) is 8.81. The summed E-state index contributed by atoms with van der Waals surface area (Å²) in [5.41, 5.74) is 5.07. The number of ketones is 1. The Morgan fingerprint density at radius 1 is 0.889 bits per heavy atom. The van der Waals surface area contributed by atoms with Crippen LogP contribution in [0.4, 0.5) is 0 Å². The molecule has 3 nitrogen and oxygen atoms in total. The highest BCUT2D eigenvalue weighted by Gasteiger charge is 2.32. The predicted molar refractivity (Wildman–Crippen MR) is 108 cm³/mol. The molecular weight excluding hydrogens is 336 g/mol. The van der Waals surface area contributed by atoms with Crippen LogP contribution in [0.15, 0.2) is 60.7 Å². The van der Waals surface area contributed by atoms with Gasteiger partial charge in [-0.2, -0.15) is 0 Å².